The lowest BCUT2D eigenvalue weighted by molar-refractivity contribution is -0.117. The molecule has 0 bridgehead atoms. The molecule has 0 radical (unpaired) electrons. The highest BCUT2D eigenvalue weighted by molar-refractivity contribution is 5.90. The predicted octanol–water partition coefficient (Wildman–Crippen LogP) is 5.09. The van der Waals surface area contributed by atoms with E-state index in [-0.39, 0.29) is 17.6 Å². The first kappa shape index (κ1) is 19.1. The molecule has 142 valence electrons. The summed E-state index contributed by atoms with van der Waals surface area (Å²) in [7, 11) is 0. The Bertz CT molecular complexity index is 779. The Kier molecular flexibility index (Phi) is 6.22. The number of carbonyl (C=O) groups excluding carboxylic acids is 2. The molecule has 2 aromatic rings. The molecule has 4 nitrogen and oxygen atoms in total. The molecule has 3 rings (SSSR count). The quantitative estimate of drug-likeness (QED) is 0.772. The molecule has 0 heterocycles. The van der Waals surface area contributed by atoms with E-state index in [9.17, 15) is 14.0 Å². The molecule has 0 unspecified atom stereocenters. The van der Waals surface area contributed by atoms with Gasteiger partial charge in [-0.2, -0.15) is 0 Å². The van der Waals surface area contributed by atoms with E-state index in [2.05, 4.69) is 22.8 Å². The molecule has 5 heteroatoms. The minimum absolute atomic E-state index is 0.00952. The lowest BCUT2D eigenvalue weighted by Gasteiger charge is -2.28. The zero-order chi connectivity index (χ0) is 19.2. The topological polar surface area (TPSA) is 58.2 Å². The Labute approximate surface area is 159 Å². The maximum absolute atomic E-state index is 12.9. The molecule has 2 N–H and O–H groups in total. The zero-order valence-corrected chi connectivity index (χ0v) is 15.5. The molecule has 0 aromatic heterocycles. The van der Waals surface area contributed by atoms with Crippen molar-refractivity contribution < 1.29 is 14.0 Å². The van der Waals surface area contributed by atoms with Crippen LogP contribution in [0.1, 0.15) is 50.5 Å². The smallest absolute Gasteiger partial charge is 0.224 e. The van der Waals surface area contributed by atoms with Gasteiger partial charge in [0.15, 0.2) is 0 Å². The van der Waals surface area contributed by atoms with E-state index < -0.39 is 0 Å². The van der Waals surface area contributed by atoms with Crippen molar-refractivity contribution in [2.45, 2.75) is 44.9 Å². The van der Waals surface area contributed by atoms with Gasteiger partial charge in [-0.1, -0.05) is 12.1 Å². The first-order valence-electron chi connectivity index (χ1n) is 9.42. The number of anilines is 2. The summed E-state index contributed by atoms with van der Waals surface area (Å²) in [6, 6.07) is 13.9. The van der Waals surface area contributed by atoms with Crippen LogP contribution in [0.3, 0.4) is 0 Å². The Morgan fingerprint density at radius 3 is 2.04 bits per heavy atom. The SMILES string of the molecule is CC(=O)Nc1ccc(C2CCC(CC(=O)Nc3ccc(F)cc3)CC2)cc1. The third-order valence-electron chi connectivity index (χ3n) is 5.15. The number of hydrogen-bond acceptors (Lipinski definition) is 2. The molecule has 1 fully saturated rings. The molecule has 2 amide bonds. The second-order valence-electron chi connectivity index (χ2n) is 7.28. The van der Waals surface area contributed by atoms with Crippen LogP contribution in [-0.2, 0) is 9.59 Å². The van der Waals surface area contributed by atoms with Crippen molar-refractivity contribution in [1.82, 2.24) is 0 Å². The third-order valence-corrected chi connectivity index (χ3v) is 5.15. The Balaban J connectivity index is 1.46. The first-order chi connectivity index (χ1) is 13.0. The minimum atomic E-state index is -0.309. The monoisotopic (exact) mass is 368 g/mol. The molecule has 0 spiro atoms. The normalized spacial score (nSPS) is 19.3. The Hall–Kier alpha value is -2.69. The van der Waals surface area contributed by atoms with Crippen molar-refractivity contribution in [3.8, 4) is 0 Å². The van der Waals surface area contributed by atoms with Crippen molar-refractivity contribution in [3.05, 3.63) is 59.9 Å². The summed E-state index contributed by atoms with van der Waals surface area (Å²) >= 11 is 0. The third kappa shape index (κ3) is 5.64. The van der Waals surface area contributed by atoms with Crippen molar-refractivity contribution in [2.24, 2.45) is 5.92 Å². The zero-order valence-electron chi connectivity index (χ0n) is 15.5. The van der Waals surface area contributed by atoms with Gasteiger partial charge >= 0.3 is 0 Å². The average Bonchev–Trinajstić information content (AvgIpc) is 2.64. The van der Waals surface area contributed by atoms with Crippen molar-refractivity contribution in [2.75, 3.05) is 10.6 Å². The van der Waals surface area contributed by atoms with E-state index >= 15 is 0 Å². The number of halogens is 1. The van der Waals surface area contributed by atoms with Gasteiger partial charge in [0.25, 0.3) is 0 Å². The highest BCUT2D eigenvalue weighted by Gasteiger charge is 2.24. The van der Waals surface area contributed by atoms with Crippen LogP contribution in [0.25, 0.3) is 0 Å². The number of benzene rings is 2. The number of carbonyl (C=O) groups is 2. The molecule has 0 atom stereocenters. The summed E-state index contributed by atoms with van der Waals surface area (Å²) in [5, 5.41) is 5.62. The summed E-state index contributed by atoms with van der Waals surface area (Å²) in [4.78, 5) is 23.3. The fraction of sp³-hybridized carbons (Fsp3) is 0.364. The van der Waals surface area contributed by atoms with Crippen LogP contribution < -0.4 is 10.6 Å². The molecule has 1 aliphatic carbocycles. The second-order valence-corrected chi connectivity index (χ2v) is 7.28. The Morgan fingerprint density at radius 1 is 0.889 bits per heavy atom. The summed E-state index contributed by atoms with van der Waals surface area (Å²) < 4.78 is 12.9. The van der Waals surface area contributed by atoms with Gasteiger partial charge in [-0.15, -0.1) is 0 Å². The van der Waals surface area contributed by atoms with Crippen LogP contribution in [0.15, 0.2) is 48.5 Å². The minimum Gasteiger partial charge on any atom is -0.326 e. The molecular formula is C22H25FN2O2. The predicted molar refractivity (Wildman–Crippen MR) is 105 cm³/mol. The lowest BCUT2D eigenvalue weighted by Crippen LogP contribution is -2.20. The van der Waals surface area contributed by atoms with Gasteiger partial charge in [0, 0.05) is 24.7 Å². The summed E-state index contributed by atoms with van der Waals surface area (Å²) in [6.45, 7) is 1.50. The molecule has 1 aliphatic rings. The average molecular weight is 368 g/mol. The van der Waals surface area contributed by atoms with E-state index in [1.807, 2.05) is 12.1 Å². The van der Waals surface area contributed by atoms with Gasteiger partial charge in [-0.05, 0) is 79.5 Å². The van der Waals surface area contributed by atoms with Crippen LogP contribution in [0.2, 0.25) is 0 Å². The number of nitrogens with one attached hydrogen (secondary N) is 2. The van der Waals surface area contributed by atoms with E-state index in [4.69, 9.17) is 0 Å². The van der Waals surface area contributed by atoms with Crippen LogP contribution in [0.5, 0.6) is 0 Å². The van der Waals surface area contributed by atoms with Crippen LogP contribution in [-0.4, -0.2) is 11.8 Å². The fourth-order valence-corrected chi connectivity index (χ4v) is 3.75. The number of amides is 2. The van der Waals surface area contributed by atoms with Gasteiger partial charge in [0.1, 0.15) is 5.82 Å². The van der Waals surface area contributed by atoms with E-state index in [1.54, 1.807) is 12.1 Å². The van der Waals surface area contributed by atoms with Crippen LogP contribution in [0, 0.1) is 11.7 Å². The molecule has 0 saturated heterocycles. The van der Waals surface area contributed by atoms with Gasteiger partial charge in [-0.3, -0.25) is 9.59 Å². The maximum Gasteiger partial charge on any atom is 0.224 e. The summed E-state index contributed by atoms with van der Waals surface area (Å²) in [5.74, 6) is 0.511. The highest BCUT2D eigenvalue weighted by Crippen LogP contribution is 2.37. The standard InChI is InChI=1S/C22H25FN2O2/c1-15(26)24-20-10-6-18(7-11-20)17-4-2-16(3-5-17)14-22(27)25-21-12-8-19(23)9-13-21/h6-13,16-17H,2-5,14H2,1H3,(H,24,26)(H,25,27). The fourth-order valence-electron chi connectivity index (χ4n) is 3.75. The number of hydrogen-bond donors (Lipinski definition) is 2. The van der Waals surface area contributed by atoms with Gasteiger partial charge in [0.05, 0.1) is 0 Å². The molecular weight excluding hydrogens is 343 g/mol. The van der Waals surface area contributed by atoms with Gasteiger partial charge < -0.3 is 10.6 Å². The largest absolute Gasteiger partial charge is 0.326 e. The van der Waals surface area contributed by atoms with Crippen molar-refractivity contribution >= 4 is 23.2 Å². The molecule has 1 saturated carbocycles. The van der Waals surface area contributed by atoms with Gasteiger partial charge in [0.2, 0.25) is 11.8 Å². The molecule has 27 heavy (non-hydrogen) atoms. The second kappa shape index (κ2) is 8.80. The molecule has 0 aliphatic heterocycles. The van der Waals surface area contributed by atoms with Crippen molar-refractivity contribution in [3.63, 3.8) is 0 Å². The summed E-state index contributed by atoms with van der Waals surface area (Å²) in [5.41, 5.74) is 2.74. The highest BCUT2D eigenvalue weighted by atomic mass is 19.1. The summed E-state index contributed by atoms with van der Waals surface area (Å²) in [6.07, 6.45) is 4.68. The lowest BCUT2D eigenvalue weighted by atomic mass is 9.77. The van der Waals surface area contributed by atoms with E-state index in [0.717, 1.165) is 31.4 Å². The Morgan fingerprint density at radius 2 is 1.44 bits per heavy atom. The van der Waals surface area contributed by atoms with Gasteiger partial charge in [-0.25, -0.2) is 4.39 Å². The van der Waals surface area contributed by atoms with E-state index in [0.29, 0.717) is 23.9 Å². The first-order valence-corrected chi connectivity index (χ1v) is 9.42. The molecule has 2 aromatic carbocycles. The number of rotatable bonds is 5. The van der Waals surface area contributed by atoms with Crippen LogP contribution in [0.4, 0.5) is 15.8 Å². The van der Waals surface area contributed by atoms with E-state index in [1.165, 1.54) is 24.6 Å². The van der Waals surface area contributed by atoms with Crippen molar-refractivity contribution in [1.29, 1.82) is 0 Å². The maximum atomic E-state index is 12.9. The van der Waals surface area contributed by atoms with Crippen LogP contribution >= 0.6 is 0 Å².